The number of esters is 3. The number of hydrogen-bond donors (Lipinski definition) is 0. The Balaban J connectivity index is 1.99. The zero-order chi connectivity index (χ0) is 42.0. The molecule has 0 aliphatic carbocycles. The molecule has 0 radical (unpaired) electrons. The molecule has 1 saturated heterocycles. The van der Waals surface area contributed by atoms with Crippen LogP contribution in [0.2, 0.25) is 0 Å². The van der Waals surface area contributed by atoms with Crippen LogP contribution in [0, 0.1) is 5.92 Å². The normalized spacial score (nSPS) is 22.6. The van der Waals surface area contributed by atoms with Gasteiger partial charge in [-0.15, -0.1) is 0 Å². The van der Waals surface area contributed by atoms with Gasteiger partial charge in [-0.1, -0.05) is 74.5 Å². The molecule has 0 unspecified atom stereocenters. The monoisotopic (exact) mass is 806 g/mol. The van der Waals surface area contributed by atoms with E-state index in [0.29, 0.717) is 14.2 Å². The van der Waals surface area contributed by atoms with Gasteiger partial charge in [-0.05, 0) is 43.8 Å². The average Bonchev–Trinajstić information content (AvgIpc) is 3.15. The van der Waals surface area contributed by atoms with Crippen LogP contribution in [0.4, 0.5) is 26.3 Å². The van der Waals surface area contributed by atoms with Gasteiger partial charge in [0.1, 0.15) is 18.3 Å². The molecule has 17 heteroatoms. The number of carbonyl (C=O) groups excluding carboxylic acids is 3. The van der Waals surface area contributed by atoms with Crippen LogP contribution in [0.3, 0.4) is 0 Å². The fraction of sp³-hybridized carbons (Fsp3) is 0.564. The van der Waals surface area contributed by atoms with Gasteiger partial charge < -0.3 is 28.4 Å². The lowest BCUT2D eigenvalue weighted by molar-refractivity contribution is -0.475. The highest BCUT2D eigenvalue weighted by atomic mass is 19.4. The summed E-state index contributed by atoms with van der Waals surface area (Å²) in [7, 11) is 4.00. The molecular weight excluding hydrogens is 758 g/mol. The van der Waals surface area contributed by atoms with Crippen molar-refractivity contribution in [3.63, 3.8) is 0 Å². The number of carbonyl (C=O) groups is 3. The Kier molecular flexibility index (Phi) is 16.1. The third kappa shape index (κ3) is 10.1. The van der Waals surface area contributed by atoms with E-state index in [1.54, 1.807) is 6.92 Å². The van der Waals surface area contributed by atoms with E-state index in [2.05, 4.69) is 0 Å². The molecule has 0 spiro atoms. The number of rotatable bonds is 18. The first-order valence-corrected chi connectivity index (χ1v) is 17.7. The van der Waals surface area contributed by atoms with Gasteiger partial charge in [-0.2, -0.15) is 26.3 Å². The van der Waals surface area contributed by atoms with E-state index >= 15 is 0 Å². The number of ether oxygens (including phenoxy) is 6. The van der Waals surface area contributed by atoms with E-state index in [9.17, 15) is 40.7 Å². The zero-order valence-corrected chi connectivity index (χ0v) is 32.2. The van der Waals surface area contributed by atoms with Gasteiger partial charge in [0.05, 0.1) is 13.5 Å². The molecule has 312 valence electrons. The van der Waals surface area contributed by atoms with Crippen LogP contribution >= 0.6 is 0 Å². The van der Waals surface area contributed by atoms with E-state index in [1.807, 2.05) is 0 Å². The second-order valence-electron chi connectivity index (χ2n) is 13.3. The number of halogens is 6. The Morgan fingerprint density at radius 2 is 1.34 bits per heavy atom. The maximum atomic E-state index is 14.8. The largest absolute Gasteiger partial charge is 0.469 e. The van der Waals surface area contributed by atoms with E-state index in [4.69, 9.17) is 38.2 Å². The average molecular weight is 807 g/mol. The molecule has 0 bridgehead atoms. The second kappa shape index (κ2) is 19.4. The lowest BCUT2D eigenvalue weighted by atomic mass is 9.89. The van der Waals surface area contributed by atoms with Crippen molar-refractivity contribution in [3.05, 3.63) is 83.4 Å². The van der Waals surface area contributed by atoms with Crippen LogP contribution < -0.4 is 0 Å². The smallest absolute Gasteiger partial charge is 0.432 e. The summed E-state index contributed by atoms with van der Waals surface area (Å²) >= 11 is 0. The van der Waals surface area contributed by atoms with Crippen LogP contribution in [-0.4, -0.2) is 82.8 Å². The van der Waals surface area contributed by atoms with Crippen molar-refractivity contribution in [3.8, 4) is 0 Å². The Bertz CT molecular complexity index is 1620. The number of alkyl halides is 6. The quantitative estimate of drug-likeness (QED) is 0.0482. The minimum Gasteiger partial charge on any atom is -0.469 e. The van der Waals surface area contributed by atoms with E-state index in [1.165, 1.54) is 70.5 Å². The van der Waals surface area contributed by atoms with Gasteiger partial charge in [-0.25, -0.2) is 19.4 Å². The van der Waals surface area contributed by atoms with E-state index < -0.39 is 76.7 Å². The molecule has 1 fully saturated rings. The van der Waals surface area contributed by atoms with Gasteiger partial charge in [0.25, 0.3) is 11.2 Å². The zero-order valence-electron chi connectivity index (χ0n) is 32.2. The van der Waals surface area contributed by atoms with Crippen LogP contribution in [-0.2, 0) is 63.8 Å². The van der Waals surface area contributed by atoms with Gasteiger partial charge in [-0.3, -0.25) is 4.79 Å². The second-order valence-corrected chi connectivity index (χ2v) is 13.3. The molecule has 1 heterocycles. The lowest BCUT2D eigenvalue weighted by Gasteiger charge is -2.41. The molecule has 7 atom stereocenters. The molecule has 2 aromatic rings. The van der Waals surface area contributed by atoms with E-state index in [0.717, 1.165) is 24.3 Å². The molecule has 56 heavy (non-hydrogen) atoms. The molecule has 1 aliphatic heterocycles. The first kappa shape index (κ1) is 46.4. The summed E-state index contributed by atoms with van der Waals surface area (Å²) in [6, 6.07) is 12.3. The van der Waals surface area contributed by atoms with Crippen molar-refractivity contribution in [2.75, 3.05) is 28.4 Å². The van der Waals surface area contributed by atoms with Crippen molar-refractivity contribution < 1.29 is 78.9 Å². The predicted octanol–water partition coefficient (Wildman–Crippen LogP) is 7.81. The van der Waals surface area contributed by atoms with Crippen molar-refractivity contribution in [2.24, 2.45) is 5.92 Å². The molecule has 0 amide bonds. The maximum Gasteiger partial charge on any atom is 0.432 e. The van der Waals surface area contributed by atoms with Gasteiger partial charge in [0, 0.05) is 45.3 Å². The minimum absolute atomic E-state index is 0.0539. The van der Waals surface area contributed by atoms with Crippen molar-refractivity contribution >= 4 is 17.9 Å². The summed E-state index contributed by atoms with van der Waals surface area (Å²) in [4.78, 5) is 50.1. The summed E-state index contributed by atoms with van der Waals surface area (Å²) in [6.45, 7) is 4.68. The number of methoxy groups -OCH3 is 4. The molecule has 2 aromatic carbocycles. The molecule has 0 aromatic heterocycles. The minimum atomic E-state index is -5.31. The molecule has 0 N–H and O–H groups in total. The third-order valence-electron chi connectivity index (χ3n) is 9.79. The lowest BCUT2D eigenvalue weighted by Crippen LogP contribution is -2.52. The maximum absolute atomic E-state index is 14.8. The van der Waals surface area contributed by atoms with Crippen molar-refractivity contribution in [1.29, 1.82) is 0 Å². The van der Waals surface area contributed by atoms with Crippen molar-refractivity contribution in [2.45, 2.75) is 107 Å². The SMILES string of the molecule is CC[C@H](OC(=O)[C@](OC)(c1ccccc1)C(F)(F)F)/C(C)=C/[C@H](CCC[C@]1(OC)C[C@H](C)[C@H](CC(=O)OC)OO1)OC(=O)[C@](OC)(c1ccccc1)C(F)(F)F. The topological polar surface area (TPSA) is 125 Å². The van der Waals surface area contributed by atoms with Gasteiger partial charge in [0.2, 0.25) is 5.79 Å². The summed E-state index contributed by atoms with van der Waals surface area (Å²) in [6.07, 6.45) is -12.9. The van der Waals surface area contributed by atoms with Crippen molar-refractivity contribution in [1.82, 2.24) is 0 Å². The first-order chi connectivity index (χ1) is 26.3. The van der Waals surface area contributed by atoms with Gasteiger partial charge >= 0.3 is 30.3 Å². The van der Waals surface area contributed by atoms with Crippen LogP contribution in [0.5, 0.6) is 0 Å². The highest BCUT2D eigenvalue weighted by Crippen LogP contribution is 2.45. The van der Waals surface area contributed by atoms with Crippen LogP contribution in [0.15, 0.2) is 72.3 Å². The fourth-order valence-corrected chi connectivity index (χ4v) is 6.60. The Labute approximate surface area is 321 Å². The fourth-order valence-electron chi connectivity index (χ4n) is 6.60. The Morgan fingerprint density at radius 1 is 0.839 bits per heavy atom. The highest BCUT2D eigenvalue weighted by molar-refractivity contribution is 5.83. The van der Waals surface area contributed by atoms with E-state index in [-0.39, 0.29) is 50.0 Å². The third-order valence-corrected chi connectivity index (χ3v) is 9.79. The molecule has 1 aliphatic rings. The highest BCUT2D eigenvalue weighted by Gasteiger charge is 2.65. The number of hydrogen-bond acceptors (Lipinski definition) is 11. The summed E-state index contributed by atoms with van der Waals surface area (Å²) in [5.74, 6) is -5.78. The molecule has 0 saturated carbocycles. The predicted molar refractivity (Wildman–Crippen MR) is 186 cm³/mol. The molecular formula is C39H48F6O11. The number of benzene rings is 2. The van der Waals surface area contributed by atoms with Crippen LogP contribution in [0.25, 0.3) is 0 Å². The summed E-state index contributed by atoms with van der Waals surface area (Å²) in [5.41, 5.74) is -8.13. The summed E-state index contributed by atoms with van der Waals surface area (Å²) in [5, 5.41) is 0. The Hall–Kier alpha value is -4.03. The van der Waals surface area contributed by atoms with Gasteiger partial charge in [0.15, 0.2) is 0 Å². The Morgan fingerprint density at radius 3 is 1.75 bits per heavy atom. The first-order valence-electron chi connectivity index (χ1n) is 17.7. The van der Waals surface area contributed by atoms with Crippen LogP contribution in [0.1, 0.15) is 70.4 Å². The summed E-state index contributed by atoms with van der Waals surface area (Å²) < 4.78 is 119. The molecule has 3 rings (SSSR count). The molecule has 11 nitrogen and oxygen atoms in total. The standard InChI is InChI=1S/C39H48F6O11/c1-8-30(54-34(48)37(52-7,39(43,44)45)28-18-13-10-14-19-28)25(2)22-29(53-33(47)36(51-6,38(40,41)42)27-16-11-9-12-17-27)20-15-21-35(50-5)24-26(3)31(55-56-35)23-32(46)49-4/h9-14,16-19,22,26,29-31H,8,15,20-21,23-24H2,1-7H3/b25-22+/t26-,29-,30-,31-,35+,36+,37+/m0/s1.